The summed E-state index contributed by atoms with van der Waals surface area (Å²) in [6.07, 6.45) is 7.41. The first-order chi connectivity index (χ1) is 16.5. The fourth-order valence-electron chi connectivity index (χ4n) is 4.38. The van der Waals surface area contributed by atoms with Gasteiger partial charge in [0.15, 0.2) is 0 Å². The van der Waals surface area contributed by atoms with Gasteiger partial charge in [0, 0.05) is 37.9 Å². The van der Waals surface area contributed by atoms with Crippen molar-refractivity contribution in [1.82, 2.24) is 15.0 Å². The van der Waals surface area contributed by atoms with Gasteiger partial charge in [0.25, 0.3) is 0 Å². The molecule has 2 aromatic carbocycles. The molecule has 1 aliphatic rings. The fourth-order valence-corrected chi connectivity index (χ4v) is 4.38. The van der Waals surface area contributed by atoms with Crippen LogP contribution in [0.1, 0.15) is 30.5 Å². The molecule has 0 aliphatic heterocycles. The molecule has 1 aliphatic carbocycles. The van der Waals surface area contributed by atoms with E-state index >= 15 is 0 Å². The number of benzene rings is 2. The second-order valence-corrected chi connectivity index (χ2v) is 8.93. The minimum absolute atomic E-state index is 0. The Hall–Kier alpha value is -3.46. The number of aromatic nitrogens is 3. The summed E-state index contributed by atoms with van der Waals surface area (Å²) in [4.78, 5) is 13.1. The fraction of sp³-hybridized carbons (Fsp3) is 0.129. The zero-order valence-electron chi connectivity index (χ0n) is 19.9. The van der Waals surface area contributed by atoms with Crippen molar-refractivity contribution >= 4 is 0 Å². The van der Waals surface area contributed by atoms with E-state index in [1.165, 1.54) is 27.8 Å². The summed E-state index contributed by atoms with van der Waals surface area (Å²) in [5, 5.41) is 0. The number of hydrogen-bond donors (Lipinski definition) is 0. The Morgan fingerprint density at radius 3 is 2.17 bits per heavy atom. The van der Waals surface area contributed by atoms with Crippen LogP contribution >= 0.6 is 0 Å². The molecule has 0 atom stereocenters. The van der Waals surface area contributed by atoms with Gasteiger partial charge in [-0.15, -0.1) is 53.6 Å². The topological polar surface area (TPSA) is 38.7 Å². The molecule has 0 saturated heterocycles. The summed E-state index contributed by atoms with van der Waals surface area (Å²) in [6, 6.07) is 30.9. The smallest absolute Gasteiger partial charge is 0.0207 e. The van der Waals surface area contributed by atoms with Crippen LogP contribution in [0.5, 0.6) is 0 Å². The molecule has 3 nitrogen and oxygen atoms in total. The van der Waals surface area contributed by atoms with E-state index in [1.54, 1.807) is 12.4 Å². The molecular weight excluding hydrogens is 607 g/mol. The molecule has 35 heavy (non-hydrogen) atoms. The third-order valence-electron chi connectivity index (χ3n) is 6.24. The van der Waals surface area contributed by atoms with Crippen molar-refractivity contribution in [2.45, 2.75) is 26.2 Å². The van der Waals surface area contributed by atoms with Crippen molar-refractivity contribution in [3.8, 4) is 33.6 Å². The van der Waals surface area contributed by atoms with Crippen molar-refractivity contribution in [1.29, 1.82) is 0 Å². The predicted octanol–water partition coefficient (Wildman–Crippen LogP) is 7.10. The zero-order chi connectivity index (χ0) is 23.5. The maximum absolute atomic E-state index is 4.63. The van der Waals surface area contributed by atoms with E-state index in [1.807, 2.05) is 55.7 Å². The van der Waals surface area contributed by atoms with Gasteiger partial charge in [0.1, 0.15) is 0 Å². The summed E-state index contributed by atoms with van der Waals surface area (Å²) in [7, 11) is 0. The van der Waals surface area contributed by atoms with Gasteiger partial charge < -0.3 is 15.0 Å². The standard InChI is InChI=1S/C19H15N2.C12H10N.Ir/c1-19(2)16-8-4-3-7-14(16)15-10-18(21-12-17(15)19)13-6-5-9-20-11-13;1-10-7-8-12(13-9-10)11-5-3-2-4-6-11;/h3-5,7-12H,1-2H3;2-5,7-9H,1H3;/q2*-1;. The normalized spacial score (nSPS) is 12.4. The average Bonchev–Trinajstić information content (AvgIpc) is 3.12. The Morgan fingerprint density at radius 2 is 1.46 bits per heavy atom. The van der Waals surface area contributed by atoms with Crippen molar-refractivity contribution in [3.05, 3.63) is 126 Å². The molecule has 4 heteroatoms. The molecule has 0 bridgehead atoms. The minimum atomic E-state index is 0. The maximum atomic E-state index is 4.63. The summed E-state index contributed by atoms with van der Waals surface area (Å²) in [6.45, 7) is 6.55. The number of fused-ring (bicyclic) bond motifs is 3. The van der Waals surface area contributed by atoms with Crippen molar-refractivity contribution in [2.24, 2.45) is 0 Å². The van der Waals surface area contributed by atoms with Gasteiger partial charge in [-0.1, -0.05) is 68.7 Å². The first-order valence-corrected chi connectivity index (χ1v) is 11.4. The molecule has 0 spiro atoms. The van der Waals surface area contributed by atoms with Crippen LogP contribution in [0.2, 0.25) is 0 Å². The van der Waals surface area contributed by atoms with Gasteiger partial charge in [-0.2, -0.15) is 0 Å². The summed E-state index contributed by atoms with van der Waals surface area (Å²) in [5.74, 6) is 0. The van der Waals surface area contributed by atoms with E-state index in [2.05, 4.69) is 77.3 Å². The van der Waals surface area contributed by atoms with E-state index in [0.29, 0.717) is 0 Å². The van der Waals surface area contributed by atoms with Crippen LogP contribution in [0, 0.1) is 19.1 Å². The van der Waals surface area contributed by atoms with Gasteiger partial charge in [-0.3, -0.25) is 0 Å². The third-order valence-corrected chi connectivity index (χ3v) is 6.24. The van der Waals surface area contributed by atoms with Crippen molar-refractivity contribution in [3.63, 3.8) is 0 Å². The van der Waals surface area contributed by atoms with E-state index in [9.17, 15) is 0 Å². The van der Waals surface area contributed by atoms with E-state index < -0.39 is 0 Å². The molecular formula is C31H25IrN3-2. The summed E-state index contributed by atoms with van der Waals surface area (Å²) in [5.41, 5.74) is 10.3. The molecule has 6 rings (SSSR count). The average molecular weight is 632 g/mol. The first kappa shape index (κ1) is 24.7. The first-order valence-electron chi connectivity index (χ1n) is 11.4. The molecule has 3 heterocycles. The number of hydrogen-bond acceptors (Lipinski definition) is 3. The Morgan fingerprint density at radius 1 is 0.686 bits per heavy atom. The molecule has 1 radical (unpaired) electrons. The van der Waals surface area contributed by atoms with Crippen LogP contribution in [-0.2, 0) is 25.5 Å². The molecule has 175 valence electrons. The number of pyridine rings is 3. The number of rotatable bonds is 2. The van der Waals surface area contributed by atoms with Crippen LogP contribution < -0.4 is 0 Å². The van der Waals surface area contributed by atoms with E-state index in [0.717, 1.165) is 22.5 Å². The molecule has 0 N–H and O–H groups in total. The number of aryl methyl sites for hydroxylation is 1. The van der Waals surface area contributed by atoms with Gasteiger partial charge in [-0.25, -0.2) is 0 Å². The van der Waals surface area contributed by atoms with Gasteiger partial charge in [-0.05, 0) is 46.1 Å². The zero-order valence-corrected chi connectivity index (χ0v) is 22.3. The largest absolute Gasteiger partial charge is 0.360 e. The second kappa shape index (κ2) is 10.4. The minimum Gasteiger partial charge on any atom is -0.360 e. The van der Waals surface area contributed by atoms with Gasteiger partial charge in [0.2, 0.25) is 0 Å². The van der Waals surface area contributed by atoms with Crippen molar-refractivity contribution < 1.29 is 20.1 Å². The molecule has 0 fully saturated rings. The van der Waals surface area contributed by atoms with Crippen LogP contribution in [0.4, 0.5) is 0 Å². The van der Waals surface area contributed by atoms with Crippen LogP contribution in [0.3, 0.4) is 0 Å². The van der Waals surface area contributed by atoms with E-state index in [4.69, 9.17) is 0 Å². The summed E-state index contributed by atoms with van der Waals surface area (Å²) < 4.78 is 0. The molecule has 0 amide bonds. The van der Waals surface area contributed by atoms with Gasteiger partial charge in [0.05, 0.1) is 0 Å². The van der Waals surface area contributed by atoms with E-state index in [-0.39, 0.29) is 25.5 Å². The monoisotopic (exact) mass is 632 g/mol. The maximum Gasteiger partial charge on any atom is 0.0207 e. The summed E-state index contributed by atoms with van der Waals surface area (Å²) >= 11 is 0. The number of nitrogens with zero attached hydrogens (tertiary/aromatic N) is 3. The Labute approximate surface area is 220 Å². The Kier molecular flexibility index (Phi) is 7.35. The molecule has 0 saturated carbocycles. The quantitative estimate of drug-likeness (QED) is 0.195. The second-order valence-electron chi connectivity index (χ2n) is 8.93. The van der Waals surface area contributed by atoms with Crippen molar-refractivity contribution in [2.75, 3.05) is 0 Å². The van der Waals surface area contributed by atoms with Gasteiger partial charge >= 0.3 is 0 Å². The molecule has 0 unspecified atom stereocenters. The SMILES string of the molecule is CC1(C)c2ccccc2-c2cc(-c3[c-]ccnc3)ncc21.Cc1ccc(-c2[c-]cccc2)nc1.[Ir]. The Bertz CT molecular complexity index is 1410. The van der Waals surface area contributed by atoms with Crippen LogP contribution in [0.25, 0.3) is 33.6 Å². The molecule has 5 aromatic rings. The van der Waals surface area contributed by atoms with Crippen LogP contribution in [-0.4, -0.2) is 15.0 Å². The molecule has 3 aromatic heterocycles. The van der Waals surface area contributed by atoms with Crippen LogP contribution in [0.15, 0.2) is 97.6 Å². The Balaban J connectivity index is 0.000000179. The third kappa shape index (κ3) is 5.00. The predicted molar refractivity (Wildman–Crippen MR) is 137 cm³/mol.